The Morgan fingerprint density at radius 1 is 1.28 bits per heavy atom. The summed E-state index contributed by atoms with van der Waals surface area (Å²) in [7, 11) is 0. The van der Waals surface area contributed by atoms with Crippen molar-refractivity contribution in [1.82, 2.24) is 4.98 Å². The van der Waals surface area contributed by atoms with E-state index in [1.807, 2.05) is 11.4 Å². The molecule has 8 heteroatoms. The SMILES string of the molecule is N#Cc1c(-c2cccs2)cc(=O)[nH]c1SCc1cc(F)c(O)c(F)c1. The number of nitriles is 1. The molecule has 25 heavy (non-hydrogen) atoms. The molecule has 2 heterocycles. The average molecular weight is 376 g/mol. The van der Waals surface area contributed by atoms with Crippen LogP contribution in [0.4, 0.5) is 8.78 Å². The Morgan fingerprint density at radius 2 is 2.00 bits per heavy atom. The van der Waals surface area contributed by atoms with Crippen LogP contribution < -0.4 is 5.56 Å². The first-order chi connectivity index (χ1) is 12.0. The summed E-state index contributed by atoms with van der Waals surface area (Å²) < 4.78 is 26.8. The van der Waals surface area contributed by atoms with E-state index in [2.05, 4.69) is 11.1 Å². The molecule has 0 saturated carbocycles. The molecular formula is C17H10F2N2O2S2. The molecule has 4 nitrogen and oxygen atoms in total. The molecule has 3 rings (SSSR count). The van der Waals surface area contributed by atoms with Gasteiger partial charge in [0.2, 0.25) is 5.56 Å². The molecule has 2 N–H and O–H groups in total. The van der Waals surface area contributed by atoms with Gasteiger partial charge in [0.15, 0.2) is 17.4 Å². The summed E-state index contributed by atoms with van der Waals surface area (Å²) in [5.74, 6) is -3.03. The predicted octanol–water partition coefficient (Wildman–Crippen LogP) is 4.25. The average Bonchev–Trinajstić information content (AvgIpc) is 3.11. The van der Waals surface area contributed by atoms with Crippen LogP contribution in [0.15, 0.2) is 45.5 Å². The van der Waals surface area contributed by atoms with Crippen molar-refractivity contribution in [2.24, 2.45) is 0 Å². The number of rotatable bonds is 4. The lowest BCUT2D eigenvalue weighted by atomic mass is 10.1. The highest BCUT2D eigenvalue weighted by atomic mass is 32.2. The zero-order valence-corrected chi connectivity index (χ0v) is 14.2. The summed E-state index contributed by atoms with van der Waals surface area (Å²) in [5.41, 5.74) is 0.732. The minimum Gasteiger partial charge on any atom is -0.503 e. The number of thiophene rings is 1. The number of benzene rings is 1. The molecule has 0 aliphatic heterocycles. The van der Waals surface area contributed by atoms with E-state index in [1.165, 1.54) is 17.4 Å². The van der Waals surface area contributed by atoms with Gasteiger partial charge in [-0.25, -0.2) is 8.78 Å². The standard InChI is InChI=1S/C17H10F2N2O2S2/c18-12-4-9(5-13(19)16(12)23)8-25-17-11(7-20)10(6-15(22)21-17)14-2-1-3-24-14/h1-6,23H,8H2,(H,21,22). The molecule has 3 aromatic rings. The largest absolute Gasteiger partial charge is 0.503 e. The Bertz CT molecular complexity index is 1000. The molecule has 0 amide bonds. The van der Waals surface area contributed by atoms with E-state index in [4.69, 9.17) is 5.11 Å². The fourth-order valence-electron chi connectivity index (χ4n) is 2.24. The summed E-state index contributed by atoms with van der Waals surface area (Å²) in [6.07, 6.45) is 0. The highest BCUT2D eigenvalue weighted by Gasteiger charge is 2.15. The van der Waals surface area contributed by atoms with Gasteiger partial charge >= 0.3 is 0 Å². The number of pyridine rings is 1. The number of aromatic nitrogens is 1. The number of thioether (sulfide) groups is 1. The molecule has 126 valence electrons. The van der Waals surface area contributed by atoms with Gasteiger partial charge in [-0.05, 0) is 29.1 Å². The minimum absolute atomic E-state index is 0.118. The van der Waals surface area contributed by atoms with E-state index in [-0.39, 0.29) is 16.9 Å². The Hall–Kier alpha value is -2.63. The third-order valence-corrected chi connectivity index (χ3v) is 5.34. The Kier molecular flexibility index (Phi) is 4.88. The van der Waals surface area contributed by atoms with E-state index in [0.717, 1.165) is 28.8 Å². The molecule has 0 spiro atoms. The number of hydrogen-bond acceptors (Lipinski definition) is 5. The number of nitrogens with zero attached hydrogens (tertiary/aromatic N) is 1. The Morgan fingerprint density at radius 3 is 2.60 bits per heavy atom. The van der Waals surface area contributed by atoms with Crippen LogP contribution >= 0.6 is 23.1 Å². The number of aromatic hydroxyl groups is 1. The zero-order chi connectivity index (χ0) is 18.0. The molecule has 0 atom stereocenters. The third-order valence-electron chi connectivity index (χ3n) is 3.37. The van der Waals surface area contributed by atoms with E-state index in [0.29, 0.717) is 16.2 Å². The molecule has 0 radical (unpaired) electrons. The lowest BCUT2D eigenvalue weighted by Gasteiger charge is -2.08. The number of aromatic amines is 1. The van der Waals surface area contributed by atoms with Crippen molar-refractivity contribution >= 4 is 23.1 Å². The predicted molar refractivity (Wildman–Crippen MR) is 92.7 cm³/mol. The van der Waals surface area contributed by atoms with Crippen molar-refractivity contribution < 1.29 is 13.9 Å². The summed E-state index contributed by atoms with van der Waals surface area (Å²) in [6.45, 7) is 0. The van der Waals surface area contributed by atoms with Crippen molar-refractivity contribution in [2.75, 3.05) is 0 Å². The van der Waals surface area contributed by atoms with Gasteiger partial charge in [0, 0.05) is 22.3 Å². The van der Waals surface area contributed by atoms with Crippen LogP contribution in [0, 0.1) is 23.0 Å². The second-order valence-electron chi connectivity index (χ2n) is 5.04. The maximum absolute atomic E-state index is 13.4. The summed E-state index contributed by atoms with van der Waals surface area (Å²) in [5, 5.41) is 20.8. The van der Waals surface area contributed by atoms with E-state index in [9.17, 15) is 18.8 Å². The molecule has 1 aromatic carbocycles. The van der Waals surface area contributed by atoms with Crippen LogP contribution in [0.2, 0.25) is 0 Å². The molecule has 0 unspecified atom stereocenters. The van der Waals surface area contributed by atoms with Crippen LogP contribution in [0.3, 0.4) is 0 Å². The van der Waals surface area contributed by atoms with Crippen LogP contribution in [0.1, 0.15) is 11.1 Å². The van der Waals surface area contributed by atoms with Crippen LogP contribution in [0.25, 0.3) is 10.4 Å². The quantitative estimate of drug-likeness (QED) is 0.668. The number of phenols is 1. The smallest absolute Gasteiger partial charge is 0.249 e. The fourth-order valence-corrected chi connectivity index (χ4v) is 3.94. The van der Waals surface area contributed by atoms with Gasteiger partial charge in [-0.3, -0.25) is 4.79 Å². The van der Waals surface area contributed by atoms with Crippen molar-refractivity contribution in [1.29, 1.82) is 5.26 Å². The summed E-state index contributed by atoms with van der Waals surface area (Å²) in [6, 6.07) is 9.08. The zero-order valence-electron chi connectivity index (χ0n) is 12.5. The second kappa shape index (κ2) is 7.09. The van der Waals surface area contributed by atoms with Gasteiger partial charge in [-0.15, -0.1) is 23.1 Å². The number of halogens is 2. The van der Waals surface area contributed by atoms with Gasteiger partial charge < -0.3 is 10.1 Å². The number of nitrogens with one attached hydrogen (secondary N) is 1. The lowest BCUT2D eigenvalue weighted by Crippen LogP contribution is -2.08. The van der Waals surface area contributed by atoms with Gasteiger partial charge in [0.05, 0.1) is 10.6 Å². The van der Waals surface area contributed by atoms with E-state index >= 15 is 0 Å². The normalized spacial score (nSPS) is 10.6. The fraction of sp³-hybridized carbons (Fsp3) is 0.0588. The van der Waals surface area contributed by atoms with Gasteiger partial charge in [-0.1, -0.05) is 6.07 Å². The molecule has 0 saturated heterocycles. The van der Waals surface area contributed by atoms with Crippen molar-refractivity contribution in [3.8, 4) is 22.3 Å². The minimum atomic E-state index is -1.06. The third kappa shape index (κ3) is 3.57. The van der Waals surface area contributed by atoms with Crippen LogP contribution in [-0.2, 0) is 5.75 Å². The van der Waals surface area contributed by atoms with Gasteiger partial charge in [-0.2, -0.15) is 5.26 Å². The molecule has 0 bridgehead atoms. The van der Waals surface area contributed by atoms with Crippen molar-refractivity contribution in [3.05, 3.63) is 68.8 Å². The second-order valence-corrected chi connectivity index (χ2v) is 6.97. The number of H-pyrrole nitrogens is 1. The first kappa shape index (κ1) is 17.2. The first-order valence-corrected chi connectivity index (χ1v) is 8.87. The number of phenolic OH excluding ortho intramolecular Hbond substituents is 1. The molecule has 0 aliphatic carbocycles. The highest BCUT2D eigenvalue weighted by Crippen LogP contribution is 2.33. The Balaban J connectivity index is 1.96. The van der Waals surface area contributed by atoms with E-state index in [1.54, 1.807) is 6.07 Å². The molecule has 0 fully saturated rings. The summed E-state index contributed by atoms with van der Waals surface area (Å²) >= 11 is 2.49. The maximum atomic E-state index is 13.4. The summed E-state index contributed by atoms with van der Waals surface area (Å²) in [4.78, 5) is 15.3. The van der Waals surface area contributed by atoms with Crippen molar-refractivity contribution in [3.63, 3.8) is 0 Å². The topological polar surface area (TPSA) is 76.9 Å². The van der Waals surface area contributed by atoms with Crippen molar-refractivity contribution in [2.45, 2.75) is 10.8 Å². The molecule has 0 aliphatic rings. The van der Waals surface area contributed by atoms with Crippen LogP contribution in [0.5, 0.6) is 5.75 Å². The highest BCUT2D eigenvalue weighted by molar-refractivity contribution is 7.98. The Labute approximate surface area is 149 Å². The molecule has 2 aromatic heterocycles. The van der Waals surface area contributed by atoms with Crippen LogP contribution in [-0.4, -0.2) is 10.1 Å². The van der Waals surface area contributed by atoms with Gasteiger partial charge in [0.25, 0.3) is 0 Å². The lowest BCUT2D eigenvalue weighted by molar-refractivity contribution is 0.395. The first-order valence-electron chi connectivity index (χ1n) is 7.00. The van der Waals surface area contributed by atoms with Gasteiger partial charge in [0.1, 0.15) is 6.07 Å². The molecular weight excluding hydrogens is 366 g/mol. The maximum Gasteiger partial charge on any atom is 0.249 e. The monoisotopic (exact) mass is 376 g/mol. The van der Waals surface area contributed by atoms with E-state index < -0.39 is 17.4 Å². The number of hydrogen-bond donors (Lipinski definition) is 2.